The Kier molecular flexibility index (Phi) is 11.7. The quantitative estimate of drug-likeness (QED) is 0.172. The molecule has 8 heteroatoms. The van der Waals surface area contributed by atoms with Crippen molar-refractivity contribution < 1.29 is 4.79 Å². The molecule has 37 heavy (non-hydrogen) atoms. The van der Waals surface area contributed by atoms with Crippen molar-refractivity contribution in [2.24, 2.45) is 16.6 Å². The van der Waals surface area contributed by atoms with Crippen LogP contribution in [0.25, 0.3) is 11.1 Å². The molecule has 1 aromatic heterocycles. The zero-order valence-electron chi connectivity index (χ0n) is 23.0. The van der Waals surface area contributed by atoms with E-state index in [1.54, 1.807) is 25.7 Å². The highest BCUT2D eigenvalue weighted by Crippen LogP contribution is 2.32. The lowest BCUT2D eigenvalue weighted by Gasteiger charge is -2.26. The van der Waals surface area contributed by atoms with Crippen LogP contribution in [0.5, 0.6) is 0 Å². The molecule has 2 unspecified atom stereocenters. The number of carbonyl (C=O) groups is 1. The number of aromatic nitrogens is 1. The molecule has 0 spiro atoms. The normalized spacial score (nSPS) is 17.9. The van der Waals surface area contributed by atoms with Crippen LogP contribution >= 0.6 is 0 Å². The molecule has 1 amide bonds. The summed E-state index contributed by atoms with van der Waals surface area (Å²) in [6.45, 7) is 11.1. The fraction of sp³-hybridized carbons (Fsp3) is 0.414. The highest BCUT2D eigenvalue weighted by molar-refractivity contribution is 6.10. The number of allylic oxidation sites excluding steroid dienone is 4. The summed E-state index contributed by atoms with van der Waals surface area (Å²) >= 11 is 0. The molecule has 0 saturated carbocycles. The summed E-state index contributed by atoms with van der Waals surface area (Å²) in [5.74, 6) is 0.0736. The SMILES string of the molecule is CC/C=C(NC1=CC(C(=O)NCCC)=CNC1C)/C(C=N)=C(/c1cc(/C(C=NC)=C/N)c[nH]1)C(C)CC. The molecule has 1 aliphatic rings. The predicted octanol–water partition coefficient (Wildman–Crippen LogP) is 4.63. The molecule has 0 fully saturated rings. The third kappa shape index (κ3) is 7.59. The Morgan fingerprint density at radius 2 is 2.08 bits per heavy atom. The first kappa shape index (κ1) is 29.4. The first-order valence-corrected chi connectivity index (χ1v) is 13.1. The maximum absolute atomic E-state index is 12.6. The standard InChI is InChI=1S/C29H43N7O/c1-7-10-25(36-26-13-22(18-34-20(26)5)29(37)33-11-8-2)24(15-31)28(19(4)9-3)27-12-21(17-35-27)23(14-30)16-32-6/h10,12-20,31,34-36H,7-9,11,30H2,1-6H3,(H,33,37)/b23-14+,25-10-,28-24+,31-15?,32-16?. The first-order valence-electron chi connectivity index (χ1n) is 13.1. The van der Waals surface area contributed by atoms with Crippen molar-refractivity contribution >= 4 is 29.5 Å². The molecule has 7 N–H and O–H groups in total. The first-order chi connectivity index (χ1) is 17.8. The van der Waals surface area contributed by atoms with E-state index in [2.05, 4.69) is 58.8 Å². The fourth-order valence-electron chi connectivity index (χ4n) is 4.09. The van der Waals surface area contributed by atoms with E-state index in [9.17, 15) is 4.79 Å². The van der Waals surface area contributed by atoms with Gasteiger partial charge in [0.1, 0.15) is 0 Å². The highest BCUT2D eigenvalue weighted by atomic mass is 16.1. The smallest absolute Gasteiger partial charge is 0.252 e. The lowest BCUT2D eigenvalue weighted by molar-refractivity contribution is -0.117. The molecule has 2 heterocycles. The number of hydrogen-bond donors (Lipinski definition) is 6. The molecular weight excluding hydrogens is 462 g/mol. The number of H-pyrrole nitrogens is 1. The summed E-state index contributed by atoms with van der Waals surface area (Å²) in [6.07, 6.45) is 14.9. The van der Waals surface area contributed by atoms with Gasteiger partial charge in [-0.1, -0.05) is 33.8 Å². The van der Waals surface area contributed by atoms with Gasteiger partial charge in [-0.3, -0.25) is 9.79 Å². The van der Waals surface area contributed by atoms with Crippen LogP contribution < -0.4 is 21.7 Å². The number of nitrogens with zero attached hydrogens (tertiary/aromatic N) is 1. The Morgan fingerprint density at radius 1 is 1.32 bits per heavy atom. The van der Waals surface area contributed by atoms with Gasteiger partial charge in [0, 0.05) is 78.4 Å². The van der Waals surface area contributed by atoms with Crippen LogP contribution in [0.3, 0.4) is 0 Å². The molecule has 0 saturated heterocycles. The zero-order chi connectivity index (χ0) is 27.4. The van der Waals surface area contributed by atoms with Gasteiger partial charge in [0.05, 0.1) is 11.6 Å². The van der Waals surface area contributed by atoms with E-state index in [4.69, 9.17) is 11.1 Å². The van der Waals surface area contributed by atoms with E-state index in [1.807, 2.05) is 26.1 Å². The molecule has 2 rings (SSSR count). The van der Waals surface area contributed by atoms with Crippen molar-refractivity contribution in [2.45, 2.75) is 59.9 Å². The Hall–Kier alpha value is -3.81. The van der Waals surface area contributed by atoms with Crippen LogP contribution in [0.15, 0.2) is 64.3 Å². The second-order valence-corrected chi connectivity index (χ2v) is 9.09. The second kappa shape index (κ2) is 14.7. The Bertz CT molecular complexity index is 1130. The molecule has 8 nitrogen and oxygen atoms in total. The van der Waals surface area contributed by atoms with Crippen LogP contribution in [0.4, 0.5) is 0 Å². The third-order valence-corrected chi connectivity index (χ3v) is 6.34. The summed E-state index contributed by atoms with van der Waals surface area (Å²) in [7, 11) is 1.71. The highest BCUT2D eigenvalue weighted by Gasteiger charge is 2.22. The summed E-state index contributed by atoms with van der Waals surface area (Å²) in [4.78, 5) is 20.1. The van der Waals surface area contributed by atoms with Crippen molar-refractivity contribution in [1.29, 1.82) is 5.41 Å². The summed E-state index contributed by atoms with van der Waals surface area (Å²) in [5.41, 5.74) is 12.6. The Labute approximate surface area is 221 Å². The molecule has 200 valence electrons. The summed E-state index contributed by atoms with van der Waals surface area (Å²) in [5, 5.41) is 18.2. The number of rotatable bonds is 13. The number of aromatic amines is 1. The van der Waals surface area contributed by atoms with Crippen molar-refractivity contribution in [1.82, 2.24) is 20.9 Å². The van der Waals surface area contributed by atoms with Crippen molar-refractivity contribution in [3.05, 3.63) is 70.6 Å². The minimum Gasteiger partial charge on any atom is -0.404 e. The maximum Gasteiger partial charge on any atom is 0.252 e. The number of carbonyl (C=O) groups excluding carboxylic acids is 1. The van der Waals surface area contributed by atoms with Crippen LogP contribution in [-0.4, -0.2) is 43.0 Å². The molecule has 1 aromatic rings. The number of amides is 1. The van der Waals surface area contributed by atoms with Crippen molar-refractivity contribution in [3.63, 3.8) is 0 Å². The Balaban J connectivity index is 2.57. The monoisotopic (exact) mass is 505 g/mol. The number of hydrogen-bond acceptors (Lipinski definition) is 6. The molecular formula is C29H43N7O. The van der Waals surface area contributed by atoms with Crippen LogP contribution in [0.2, 0.25) is 0 Å². The topological polar surface area (TPSA) is 131 Å². The number of nitrogens with two attached hydrogens (primary N) is 1. The molecule has 0 radical (unpaired) electrons. The maximum atomic E-state index is 12.6. The van der Waals surface area contributed by atoms with Gasteiger partial charge < -0.3 is 32.1 Å². The van der Waals surface area contributed by atoms with Crippen molar-refractivity contribution in [2.75, 3.05) is 13.6 Å². The molecule has 0 bridgehead atoms. The van der Waals surface area contributed by atoms with E-state index >= 15 is 0 Å². The van der Waals surface area contributed by atoms with Gasteiger partial charge in [-0.05, 0) is 49.8 Å². The summed E-state index contributed by atoms with van der Waals surface area (Å²) < 4.78 is 0. The van der Waals surface area contributed by atoms with Gasteiger partial charge in [0.2, 0.25) is 0 Å². The number of aliphatic imine (C=N–C) groups is 1. The lowest BCUT2D eigenvalue weighted by atomic mass is 9.89. The fourth-order valence-corrected chi connectivity index (χ4v) is 4.09. The van der Waals surface area contributed by atoms with E-state index in [1.165, 1.54) is 6.21 Å². The predicted molar refractivity (Wildman–Crippen MR) is 156 cm³/mol. The zero-order valence-corrected chi connectivity index (χ0v) is 23.0. The Morgan fingerprint density at radius 3 is 2.68 bits per heavy atom. The third-order valence-electron chi connectivity index (χ3n) is 6.34. The average Bonchev–Trinajstić information content (AvgIpc) is 3.38. The minimum atomic E-state index is -0.108. The van der Waals surface area contributed by atoms with Crippen LogP contribution in [-0.2, 0) is 4.79 Å². The van der Waals surface area contributed by atoms with E-state index in [-0.39, 0.29) is 17.9 Å². The van der Waals surface area contributed by atoms with E-state index in [0.717, 1.165) is 58.6 Å². The van der Waals surface area contributed by atoms with Crippen molar-refractivity contribution in [3.8, 4) is 0 Å². The molecule has 0 aliphatic carbocycles. The van der Waals surface area contributed by atoms with Crippen LogP contribution in [0.1, 0.15) is 65.1 Å². The van der Waals surface area contributed by atoms with Gasteiger partial charge in [-0.2, -0.15) is 0 Å². The molecule has 1 aliphatic heterocycles. The summed E-state index contributed by atoms with van der Waals surface area (Å²) in [6, 6.07) is 2.03. The van der Waals surface area contributed by atoms with Crippen LogP contribution in [0, 0.1) is 11.3 Å². The number of nitrogens with one attached hydrogen (secondary N) is 5. The largest absolute Gasteiger partial charge is 0.404 e. The lowest BCUT2D eigenvalue weighted by Crippen LogP contribution is -2.37. The van der Waals surface area contributed by atoms with Gasteiger partial charge in [-0.15, -0.1) is 0 Å². The minimum absolute atomic E-state index is 0.0234. The second-order valence-electron chi connectivity index (χ2n) is 9.09. The molecule has 0 aromatic carbocycles. The van der Waals surface area contributed by atoms with E-state index < -0.39 is 0 Å². The molecule has 2 atom stereocenters. The average molecular weight is 506 g/mol. The van der Waals surface area contributed by atoms with Gasteiger partial charge in [0.25, 0.3) is 5.91 Å². The number of dihydropyridines is 1. The van der Waals surface area contributed by atoms with Gasteiger partial charge >= 0.3 is 0 Å². The van der Waals surface area contributed by atoms with E-state index in [0.29, 0.717) is 12.1 Å². The van der Waals surface area contributed by atoms with Gasteiger partial charge in [0.15, 0.2) is 0 Å². The van der Waals surface area contributed by atoms with Gasteiger partial charge in [-0.25, -0.2) is 0 Å².